The van der Waals surface area contributed by atoms with Gasteiger partial charge in [0.05, 0.1) is 6.54 Å². The number of methoxy groups -OCH3 is 1. The molecule has 0 saturated carbocycles. The number of carbonyl (C=O) groups excluding carboxylic acids is 1. The van der Waals surface area contributed by atoms with Gasteiger partial charge >= 0.3 is 0 Å². The summed E-state index contributed by atoms with van der Waals surface area (Å²) in [6.45, 7) is 0.724. The number of carbonyl (C=O) groups is 1. The number of amides is 1. The molecule has 3 N–H and O–H groups in total. The first kappa shape index (κ1) is 14.3. The first-order chi connectivity index (χ1) is 6.88. The van der Waals surface area contributed by atoms with Gasteiger partial charge in [-0.1, -0.05) is 0 Å². The van der Waals surface area contributed by atoms with Crippen molar-refractivity contribution in [2.45, 2.75) is 6.42 Å². The molecule has 0 aliphatic rings. The molecule has 0 aromatic rings. The number of likely N-dealkylation sites (N-methyl/N-ethyl adjacent to an activating group) is 1. The van der Waals surface area contributed by atoms with Crippen LogP contribution in [0.5, 0.6) is 0 Å². The Balaban J connectivity index is 3.75. The largest absolute Gasteiger partial charge is 0.385 e. The lowest BCUT2D eigenvalue weighted by Gasteiger charge is -2.12. The van der Waals surface area contributed by atoms with E-state index in [0.717, 1.165) is 4.31 Å². The molecule has 1 amide bonds. The molecule has 7 nitrogen and oxygen atoms in total. The fourth-order valence-corrected chi connectivity index (χ4v) is 1.09. The molecular formula is C7H17N3O4S. The van der Waals surface area contributed by atoms with Gasteiger partial charge in [0.15, 0.2) is 0 Å². The quantitative estimate of drug-likeness (QED) is 0.516. The first-order valence-corrected chi connectivity index (χ1v) is 5.88. The highest BCUT2D eigenvalue weighted by molar-refractivity contribution is 7.86. The lowest BCUT2D eigenvalue weighted by Crippen LogP contribution is -2.41. The zero-order chi connectivity index (χ0) is 11.9. The van der Waals surface area contributed by atoms with Crippen LogP contribution >= 0.6 is 0 Å². The van der Waals surface area contributed by atoms with E-state index >= 15 is 0 Å². The Labute approximate surface area is 89.7 Å². The van der Waals surface area contributed by atoms with Gasteiger partial charge in [-0.15, -0.1) is 0 Å². The first-order valence-electron chi connectivity index (χ1n) is 4.37. The van der Waals surface area contributed by atoms with E-state index in [0.29, 0.717) is 19.6 Å². The molecule has 0 radical (unpaired) electrons. The molecule has 15 heavy (non-hydrogen) atoms. The van der Waals surface area contributed by atoms with E-state index in [1.807, 2.05) is 0 Å². The minimum absolute atomic E-state index is 0.272. The summed E-state index contributed by atoms with van der Waals surface area (Å²) < 4.78 is 27.1. The third-order valence-corrected chi connectivity index (χ3v) is 2.65. The molecule has 0 aliphatic carbocycles. The van der Waals surface area contributed by atoms with Gasteiger partial charge in [0.1, 0.15) is 0 Å². The van der Waals surface area contributed by atoms with E-state index in [1.54, 1.807) is 7.11 Å². The van der Waals surface area contributed by atoms with Crippen molar-refractivity contribution in [3.8, 4) is 0 Å². The van der Waals surface area contributed by atoms with Crippen molar-refractivity contribution >= 4 is 16.1 Å². The zero-order valence-electron chi connectivity index (χ0n) is 8.89. The van der Waals surface area contributed by atoms with Gasteiger partial charge in [-0.25, -0.2) is 5.14 Å². The Kier molecular flexibility index (Phi) is 6.41. The molecule has 90 valence electrons. The Hall–Kier alpha value is -0.700. The number of hydrogen-bond donors (Lipinski definition) is 2. The van der Waals surface area contributed by atoms with Crippen molar-refractivity contribution in [2.75, 3.05) is 33.9 Å². The van der Waals surface area contributed by atoms with Gasteiger partial charge in [0.25, 0.3) is 10.2 Å². The molecule has 0 atom stereocenters. The monoisotopic (exact) mass is 239 g/mol. The van der Waals surface area contributed by atoms with E-state index in [9.17, 15) is 13.2 Å². The van der Waals surface area contributed by atoms with E-state index in [1.165, 1.54) is 7.05 Å². The predicted octanol–water partition coefficient (Wildman–Crippen LogP) is -1.73. The Morgan fingerprint density at radius 1 is 1.53 bits per heavy atom. The summed E-state index contributed by atoms with van der Waals surface area (Å²) >= 11 is 0. The van der Waals surface area contributed by atoms with Crippen LogP contribution in [0.4, 0.5) is 0 Å². The third kappa shape index (κ3) is 7.25. The predicted molar refractivity (Wildman–Crippen MR) is 55.2 cm³/mol. The summed E-state index contributed by atoms with van der Waals surface area (Å²) in [4.78, 5) is 11.1. The number of rotatable bonds is 7. The van der Waals surface area contributed by atoms with Gasteiger partial charge in [-0.2, -0.15) is 12.7 Å². The van der Waals surface area contributed by atoms with Crippen molar-refractivity contribution in [2.24, 2.45) is 5.14 Å². The van der Waals surface area contributed by atoms with Gasteiger partial charge in [-0.3, -0.25) is 4.79 Å². The minimum Gasteiger partial charge on any atom is -0.385 e. The van der Waals surface area contributed by atoms with Crippen LogP contribution in [0, 0.1) is 0 Å². The van der Waals surface area contributed by atoms with Crippen molar-refractivity contribution in [3.63, 3.8) is 0 Å². The molecule has 0 spiro atoms. The average molecular weight is 239 g/mol. The van der Waals surface area contributed by atoms with Gasteiger partial charge < -0.3 is 10.1 Å². The second kappa shape index (κ2) is 6.72. The molecule has 8 heteroatoms. The van der Waals surface area contributed by atoms with Crippen LogP contribution in [0.1, 0.15) is 6.42 Å². The maximum atomic E-state index is 11.1. The van der Waals surface area contributed by atoms with Crippen molar-refractivity contribution in [1.29, 1.82) is 0 Å². The molecule has 0 bridgehead atoms. The normalized spacial score (nSPS) is 11.7. The van der Waals surface area contributed by atoms with E-state index in [-0.39, 0.29) is 12.5 Å². The average Bonchev–Trinajstić information content (AvgIpc) is 2.11. The van der Waals surface area contributed by atoms with Gasteiger partial charge in [-0.05, 0) is 6.42 Å². The van der Waals surface area contributed by atoms with Crippen LogP contribution in [0.25, 0.3) is 0 Å². The number of ether oxygens (including phenoxy) is 1. The Morgan fingerprint density at radius 3 is 2.60 bits per heavy atom. The molecule has 0 heterocycles. The summed E-state index contributed by atoms with van der Waals surface area (Å²) in [5.74, 6) is -0.386. The second-order valence-electron chi connectivity index (χ2n) is 3.00. The maximum absolute atomic E-state index is 11.1. The topological polar surface area (TPSA) is 102 Å². The molecule has 0 aromatic carbocycles. The molecule has 0 rings (SSSR count). The molecule has 0 aromatic heterocycles. The smallest absolute Gasteiger partial charge is 0.277 e. The van der Waals surface area contributed by atoms with Crippen molar-refractivity contribution in [3.05, 3.63) is 0 Å². The van der Waals surface area contributed by atoms with E-state index in [4.69, 9.17) is 9.88 Å². The third-order valence-electron chi connectivity index (χ3n) is 1.65. The number of nitrogens with one attached hydrogen (secondary N) is 1. The zero-order valence-corrected chi connectivity index (χ0v) is 9.71. The number of nitrogens with two attached hydrogens (primary N) is 1. The summed E-state index contributed by atoms with van der Waals surface area (Å²) in [5, 5.41) is 7.34. The maximum Gasteiger partial charge on any atom is 0.277 e. The van der Waals surface area contributed by atoms with E-state index < -0.39 is 10.2 Å². The van der Waals surface area contributed by atoms with E-state index in [2.05, 4.69) is 5.32 Å². The summed E-state index contributed by atoms with van der Waals surface area (Å²) in [7, 11) is -0.979. The summed E-state index contributed by atoms with van der Waals surface area (Å²) in [5.41, 5.74) is 0. The fraction of sp³-hybridized carbons (Fsp3) is 0.857. The molecule has 0 aliphatic heterocycles. The van der Waals surface area contributed by atoms with Crippen LogP contribution in [-0.2, 0) is 19.7 Å². The Morgan fingerprint density at radius 2 is 2.13 bits per heavy atom. The van der Waals surface area contributed by atoms with Gasteiger partial charge in [0, 0.05) is 27.3 Å². The molecular weight excluding hydrogens is 222 g/mol. The summed E-state index contributed by atoms with van der Waals surface area (Å²) in [6, 6.07) is 0. The van der Waals surface area contributed by atoms with Crippen molar-refractivity contribution in [1.82, 2.24) is 9.62 Å². The fourth-order valence-electron chi connectivity index (χ4n) is 0.792. The highest BCUT2D eigenvalue weighted by Gasteiger charge is 2.14. The van der Waals surface area contributed by atoms with Crippen LogP contribution in [0.15, 0.2) is 0 Å². The standard InChI is InChI=1S/C7H17N3O4S/c1-10(15(8,12)13)6-7(11)9-4-3-5-14-2/h3-6H2,1-2H3,(H,9,11)(H2,8,12,13). The molecule has 0 saturated heterocycles. The Bertz CT molecular complexity index is 291. The minimum atomic E-state index is -3.79. The molecule has 0 unspecified atom stereocenters. The van der Waals surface area contributed by atoms with Crippen LogP contribution in [0.3, 0.4) is 0 Å². The lowest BCUT2D eigenvalue weighted by atomic mass is 10.4. The highest BCUT2D eigenvalue weighted by Crippen LogP contribution is 1.88. The second-order valence-corrected chi connectivity index (χ2v) is 4.65. The number of nitrogens with zero attached hydrogens (tertiary/aromatic N) is 1. The lowest BCUT2D eigenvalue weighted by molar-refractivity contribution is -0.121. The van der Waals surface area contributed by atoms with Crippen LogP contribution < -0.4 is 10.5 Å². The highest BCUT2D eigenvalue weighted by atomic mass is 32.2. The van der Waals surface area contributed by atoms with Gasteiger partial charge in [0.2, 0.25) is 5.91 Å². The SMILES string of the molecule is COCCCNC(=O)CN(C)S(N)(=O)=O. The number of hydrogen-bond acceptors (Lipinski definition) is 4. The molecule has 0 fully saturated rings. The van der Waals surface area contributed by atoms with Crippen LogP contribution in [0.2, 0.25) is 0 Å². The summed E-state index contributed by atoms with van der Waals surface area (Å²) in [6.07, 6.45) is 0.682. The van der Waals surface area contributed by atoms with Crippen molar-refractivity contribution < 1.29 is 17.9 Å². The van der Waals surface area contributed by atoms with Crippen LogP contribution in [-0.4, -0.2) is 52.5 Å².